The van der Waals surface area contributed by atoms with Crippen LogP contribution in [0, 0.1) is 5.82 Å². The molecule has 1 fully saturated rings. The minimum absolute atomic E-state index is 0.0193. The molecule has 6 heteroatoms. The molecule has 0 radical (unpaired) electrons. The lowest BCUT2D eigenvalue weighted by molar-refractivity contribution is -0.137. The average Bonchev–Trinajstić information content (AvgIpc) is 2.41. The number of carboxylic acids is 1. The van der Waals surface area contributed by atoms with Crippen molar-refractivity contribution < 1.29 is 19.1 Å². The minimum atomic E-state index is -0.826. The first-order valence-corrected chi connectivity index (χ1v) is 8.21. The summed E-state index contributed by atoms with van der Waals surface area (Å²) in [5.74, 6) is -0.759. The number of carbonyl (C=O) groups excluding carboxylic acids is 1. The number of hydrogen-bond acceptors (Lipinski definition) is 2. The highest BCUT2D eigenvalue weighted by Crippen LogP contribution is 2.38. The molecule has 2 rings (SSSR count). The molecule has 1 saturated carbocycles. The van der Waals surface area contributed by atoms with Gasteiger partial charge in [-0.15, -0.1) is 0 Å². The molecular weight excluding hydrogens is 353 g/mol. The maximum absolute atomic E-state index is 13.2. The Balaban J connectivity index is 1.67. The molecule has 1 aromatic rings. The highest BCUT2D eigenvalue weighted by atomic mass is 79.9. The van der Waals surface area contributed by atoms with E-state index in [-0.39, 0.29) is 24.2 Å². The fourth-order valence-corrected chi connectivity index (χ4v) is 3.03. The molecule has 0 aromatic heterocycles. The molecule has 2 N–H and O–H groups in total. The Kier molecular flexibility index (Phi) is 5.94. The smallest absolute Gasteiger partial charge is 0.303 e. The summed E-state index contributed by atoms with van der Waals surface area (Å²) in [5.41, 5.74) is 1.08. The van der Waals surface area contributed by atoms with Gasteiger partial charge in [-0.25, -0.2) is 4.39 Å². The number of carboxylic acid groups (broad SMARTS) is 1. The van der Waals surface area contributed by atoms with Crippen molar-refractivity contribution in [2.24, 2.45) is 0 Å². The van der Waals surface area contributed by atoms with E-state index in [2.05, 4.69) is 21.2 Å². The third-order valence-electron chi connectivity index (χ3n) is 3.96. The number of nitrogens with one attached hydrogen (secondary N) is 1. The Morgan fingerprint density at radius 3 is 2.59 bits per heavy atom. The van der Waals surface area contributed by atoms with Gasteiger partial charge in [0.1, 0.15) is 5.82 Å². The molecule has 0 saturated heterocycles. The van der Waals surface area contributed by atoms with Gasteiger partial charge in [0.05, 0.1) is 4.47 Å². The van der Waals surface area contributed by atoms with Crippen LogP contribution in [-0.2, 0) is 9.59 Å². The summed E-state index contributed by atoms with van der Waals surface area (Å²) in [7, 11) is 0. The fourth-order valence-electron chi connectivity index (χ4n) is 2.64. The largest absolute Gasteiger partial charge is 0.481 e. The Labute approximate surface area is 137 Å². The molecule has 1 aliphatic rings. The van der Waals surface area contributed by atoms with Gasteiger partial charge in [0, 0.05) is 18.9 Å². The minimum Gasteiger partial charge on any atom is -0.481 e. The van der Waals surface area contributed by atoms with Gasteiger partial charge in [0.2, 0.25) is 5.91 Å². The standard InChI is InChI=1S/C16H19BrFNO3/c17-13-9-10(5-6-14(13)18)11-7-12(8-11)19-15(20)3-1-2-4-16(21)22/h5-6,9,11-12H,1-4,7-8H2,(H,19,20)(H,21,22). The predicted molar refractivity (Wildman–Crippen MR) is 84.1 cm³/mol. The van der Waals surface area contributed by atoms with Crippen LogP contribution >= 0.6 is 15.9 Å². The molecule has 4 nitrogen and oxygen atoms in total. The summed E-state index contributed by atoms with van der Waals surface area (Å²) in [5, 5.41) is 11.5. The van der Waals surface area contributed by atoms with Crippen LogP contribution in [0.4, 0.5) is 4.39 Å². The summed E-state index contributed by atoms with van der Waals surface area (Å²) in [6, 6.07) is 5.20. The summed E-state index contributed by atoms with van der Waals surface area (Å²) in [4.78, 5) is 22.1. The van der Waals surface area contributed by atoms with Gasteiger partial charge in [-0.3, -0.25) is 9.59 Å². The average molecular weight is 372 g/mol. The number of amides is 1. The molecule has 0 spiro atoms. The maximum Gasteiger partial charge on any atom is 0.303 e. The molecule has 1 aliphatic carbocycles. The number of aliphatic carboxylic acids is 1. The topological polar surface area (TPSA) is 66.4 Å². The quantitative estimate of drug-likeness (QED) is 0.719. The first-order chi connectivity index (χ1) is 10.5. The zero-order chi connectivity index (χ0) is 16.1. The Hall–Kier alpha value is -1.43. The van der Waals surface area contributed by atoms with E-state index in [0.717, 1.165) is 18.4 Å². The van der Waals surface area contributed by atoms with Crippen LogP contribution in [0.1, 0.15) is 50.0 Å². The SMILES string of the molecule is O=C(O)CCCCC(=O)NC1CC(c2ccc(F)c(Br)c2)C1. The van der Waals surface area contributed by atoms with E-state index in [9.17, 15) is 14.0 Å². The van der Waals surface area contributed by atoms with Gasteiger partial charge in [-0.05, 0) is 65.2 Å². The number of carbonyl (C=O) groups is 2. The molecular formula is C16H19BrFNO3. The second-order valence-corrected chi connectivity index (χ2v) is 6.56. The predicted octanol–water partition coefficient (Wildman–Crippen LogP) is 3.60. The lowest BCUT2D eigenvalue weighted by Gasteiger charge is -2.36. The number of benzene rings is 1. The van der Waals surface area contributed by atoms with Crippen LogP contribution in [0.25, 0.3) is 0 Å². The Morgan fingerprint density at radius 2 is 1.95 bits per heavy atom. The van der Waals surface area contributed by atoms with Crippen LogP contribution in [0.3, 0.4) is 0 Å². The van der Waals surface area contributed by atoms with Gasteiger partial charge in [0.15, 0.2) is 0 Å². The first kappa shape index (κ1) is 16.9. The van der Waals surface area contributed by atoms with Crippen molar-refractivity contribution in [1.29, 1.82) is 0 Å². The van der Waals surface area contributed by atoms with Crippen LogP contribution in [0.2, 0.25) is 0 Å². The maximum atomic E-state index is 13.2. The third-order valence-corrected chi connectivity index (χ3v) is 4.57. The third kappa shape index (κ3) is 4.80. The summed E-state index contributed by atoms with van der Waals surface area (Å²) in [6.45, 7) is 0. The van der Waals surface area contributed by atoms with Crippen molar-refractivity contribution >= 4 is 27.8 Å². The monoisotopic (exact) mass is 371 g/mol. The summed E-state index contributed by atoms with van der Waals surface area (Å²) in [6.07, 6.45) is 3.32. The molecule has 0 bridgehead atoms. The second-order valence-electron chi connectivity index (χ2n) is 5.71. The van der Waals surface area contributed by atoms with E-state index in [0.29, 0.717) is 29.7 Å². The van der Waals surface area contributed by atoms with E-state index >= 15 is 0 Å². The zero-order valence-electron chi connectivity index (χ0n) is 12.1. The van der Waals surface area contributed by atoms with Crippen molar-refractivity contribution in [3.8, 4) is 0 Å². The molecule has 0 unspecified atom stereocenters. The van der Waals surface area contributed by atoms with E-state index in [4.69, 9.17) is 5.11 Å². The molecule has 0 heterocycles. The second kappa shape index (κ2) is 7.72. The summed E-state index contributed by atoms with van der Waals surface area (Å²) >= 11 is 3.18. The van der Waals surface area contributed by atoms with Crippen LogP contribution in [0.5, 0.6) is 0 Å². The van der Waals surface area contributed by atoms with Crippen LogP contribution in [-0.4, -0.2) is 23.0 Å². The van der Waals surface area contributed by atoms with Gasteiger partial charge in [-0.2, -0.15) is 0 Å². The Bertz CT molecular complexity index is 558. The normalized spacial score (nSPS) is 20.3. The van der Waals surface area contributed by atoms with E-state index in [1.807, 2.05) is 0 Å². The molecule has 120 valence electrons. The highest BCUT2D eigenvalue weighted by molar-refractivity contribution is 9.10. The van der Waals surface area contributed by atoms with E-state index < -0.39 is 5.97 Å². The van der Waals surface area contributed by atoms with Crippen molar-refractivity contribution in [1.82, 2.24) is 5.32 Å². The highest BCUT2D eigenvalue weighted by Gasteiger charge is 2.31. The van der Waals surface area contributed by atoms with Gasteiger partial charge >= 0.3 is 5.97 Å². The van der Waals surface area contributed by atoms with Crippen molar-refractivity contribution in [3.63, 3.8) is 0 Å². The first-order valence-electron chi connectivity index (χ1n) is 7.42. The Morgan fingerprint density at radius 1 is 1.27 bits per heavy atom. The number of unbranched alkanes of at least 4 members (excludes halogenated alkanes) is 1. The van der Waals surface area contributed by atoms with Crippen LogP contribution < -0.4 is 5.32 Å². The number of rotatable bonds is 7. The van der Waals surface area contributed by atoms with Gasteiger partial charge < -0.3 is 10.4 Å². The summed E-state index contributed by atoms with van der Waals surface area (Å²) < 4.78 is 13.7. The van der Waals surface area contributed by atoms with Crippen LogP contribution in [0.15, 0.2) is 22.7 Å². The molecule has 0 aliphatic heterocycles. The van der Waals surface area contributed by atoms with Crippen molar-refractivity contribution in [2.75, 3.05) is 0 Å². The van der Waals surface area contributed by atoms with Crippen molar-refractivity contribution in [2.45, 2.75) is 50.5 Å². The van der Waals surface area contributed by atoms with E-state index in [1.54, 1.807) is 12.1 Å². The molecule has 0 atom stereocenters. The lowest BCUT2D eigenvalue weighted by atomic mass is 9.76. The molecule has 1 aromatic carbocycles. The number of halogens is 2. The van der Waals surface area contributed by atoms with Gasteiger partial charge in [-0.1, -0.05) is 6.07 Å². The van der Waals surface area contributed by atoms with E-state index in [1.165, 1.54) is 6.07 Å². The van der Waals surface area contributed by atoms with Gasteiger partial charge in [0.25, 0.3) is 0 Å². The number of hydrogen-bond donors (Lipinski definition) is 2. The molecule has 22 heavy (non-hydrogen) atoms. The van der Waals surface area contributed by atoms with Crippen molar-refractivity contribution in [3.05, 3.63) is 34.1 Å². The fraction of sp³-hybridized carbons (Fsp3) is 0.500. The zero-order valence-corrected chi connectivity index (χ0v) is 13.7. The lowest BCUT2D eigenvalue weighted by Crippen LogP contribution is -2.43. The molecule has 1 amide bonds.